The van der Waals surface area contributed by atoms with Crippen LogP contribution in [0.15, 0.2) is 12.1 Å². The number of rotatable bonds is 4. The lowest BCUT2D eigenvalue weighted by Crippen LogP contribution is -2.36. The summed E-state index contributed by atoms with van der Waals surface area (Å²) in [6, 6.07) is 2.91. The van der Waals surface area contributed by atoms with Gasteiger partial charge in [-0.1, -0.05) is 23.2 Å². The minimum Gasteiger partial charge on any atom is -0.468 e. The average molecular weight is 333 g/mol. The Morgan fingerprint density at radius 2 is 1.95 bits per heavy atom. The number of methoxy groups -OCH3 is 1. The highest BCUT2D eigenvalue weighted by Crippen LogP contribution is 2.32. The smallest absolute Gasteiger partial charge is 0.322 e. The van der Waals surface area contributed by atoms with Crippen molar-refractivity contribution >= 4 is 34.9 Å². The quantitative estimate of drug-likeness (QED) is 0.853. The number of esters is 1. The summed E-state index contributed by atoms with van der Waals surface area (Å²) in [4.78, 5) is 13.6. The molecule has 0 aliphatic carbocycles. The van der Waals surface area contributed by atoms with Gasteiger partial charge in [0.05, 0.1) is 20.3 Å². The Bertz CT molecular complexity index is 496. The molecule has 0 radical (unpaired) electrons. The predicted octanol–water partition coefficient (Wildman–Crippen LogP) is 1.87. The zero-order valence-corrected chi connectivity index (χ0v) is 13.3. The molecule has 116 valence electrons. The largest absolute Gasteiger partial charge is 0.468 e. The van der Waals surface area contributed by atoms with Crippen molar-refractivity contribution in [2.24, 2.45) is 5.73 Å². The molecule has 5 nitrogen and oxygen atoms in total. The second-order valence-electron chi connectivity index (χ2n) is 4.82. The lowest BCUT2D eigenvalue weighted by Gasteiger charge is -2.29. The molecular formula is C14H18Cl2N2O3. The van der Waals surface area contributed by atoms with Crippen LogP contribution in [-0.2, 0) is 20.7 Å². The molecule has 21 heavy (non-hydrogen) atoms. The van der Waals surface area contributed by atoms with Crippen LogP contribution in [0.3, 0.4) is 0 Å². The molecule has 1 heterocycles. The van der Waals surface area contributed by atoms with E-state index in [0.717, 1.165) is 18.8 Å². The first-order chi connectivity index (χ1) is 10.0. The number of hydrogen-bond acceptors (Lipinski definition) is 5. The molecule has 1 fully saturated rings. The maximum atomic E-state index is 11.4. The number of nitrogens with two attached hydrogens (primary N) is 1. The van der Waals surface area contributed by atoms with Crippen LogP contribution in [0.2, 0.25) is 10.0 Å². The van der Waals surface area contributed by atoms with E-state index in [-0.39, 0.29) is 6.42 Å². The van der Waals surface area contributed by atoms with Gasteiger partial charge in [0.1, 0.15) is 6.04 Å². The fourth-order valence-corrected chi connectivity index (χ4v) is 2.87. The lowest BCUT2D eigenvalue weighted by molar-refractivity contribution is -0.142. The SMILES string of the molecule is COC(=O)C(N)Cc1c(Cl)cc(N2CCOCC2)cc1Cl. The monoisotopic (exact) mass is 332 g/mol. The van der Waals surface area contributed by atoms with E-state index in [9.17, 15) is 4.79 Å². The van der Waals surface area contributed by atoms with E-state index >= 15 is 0 Å². The van der Waals surface area contributed by atoms with Gasteiger partial charge in [-0.25, -0.2) is 0 Å². The zero-order valence-electron chi connectivity index (χ0n) is 11.8. The molecule has 7 heteroatoms. The average Bonchev–Trinajstić information content (AvgIpc) is 2.50. The minimum absolute atomic E-state index is 0.244. The number of carbonyl (C=O) groups excluding carboxylic acids is 1. The van der Waals surface area contributed by atoms with Crippen molar-refractivity contribution in [1.82, 2.24) is 0 Å². The van der Waals surface area contributed by atoms with E-state index in [1.807, 2.05) is 12.1 Å². The predicted molar refractivity (Wildman–Crippen MR) is 83.2 cm³/mol. The molecule has 1 aromatic rings. The van der Waals surface area contributed by atoms with Gasteiger partial charge >= 0.3 is 5.97 Å². The molecule has 2 rings (SSSR count). The molecule has 0 bridgehead atoms. The van der Waals surface area contributed by atoms with Crippen LogP contribution in [0.25, 0.3) is 0 Å². The van der Waals surface area contributed by atoms with Gasteiger partial charge in [-0.15, -0.1) is 0 Å². The zero-order chi connectivity index (χ0) is 15.4. The molecule has 1 atom stereocenters. The number of hydrogen-bond donors (Lipinski definition) is 1. The van der Waals surface area contributed by atoms with E-state index in [0.29, 0.717) is 28.8 Å². The summed E-state index contributed by atoms with van der Waals surface area (Å²) in [5.74, 6) is -0.487. The van der Waals surface area contributed by atoms with Gasteiger partial charge < -0.3 is 20.1 Å². The van der Waals surface area contributed by atoms with Crippen molar-refractivity contribution in [2.45, 2.75) is 12.5 Å². The van der Waals surface area contributed by atoms with Crippen molar-refractivity contribution in [2.75, 3.05) is 38.3 Å². The van der Waals surface area contributed by atoms with Gasteiger partial charge in [0.15, 0.2) is 0 Å². The highest BCUT2D eigenvalue weighted by molar-refractivity contribution is 6.36. The fraction of sp³-hybridized carbons (Fsp3) is 0.500. The van der Waals surface area contributed by atoms with Crippen molar-refractivity contribution in [3.8, 4) is 0 Å². The third kappa shape index (κ3) is 4.01. The van der Waals surface area contributed by atoms with Gasteiger partial charge in [-0.05, 0) is 17.7 Å². The Kier molecular flexibility index (Phi) is 5.70. The van der Waals surface area contributed by atoms with Crippen LogP contribution in [0.4, 0.5) is 5.69 Å². The van der Waals surface area contributed by atoms with E-state index in [2.05, 4.69) is 9.64 Å². The van der Waals surface area contributed by atoms with Crippen LogP contribution in [0, 0.1) is 0 Å². The van der Waals surface area contributed by atoms with Gasteiger partial charge in [0.2, 0.25) is 0 Å². The molecule has 1 saturated heterocycles. The third-order valence-corrected chi connectivity index (χ3v) is 4.10. The van der Waals surface area contributed by atoms with Gasteiger partial charge in [0.25, 0.3) is 0 Å². The molecule has 0 aromatic heterocycles. The summed E-state index contributed by atoms with van der Waals surface area (Å²) in [6.45, 7) is 2.97. The Balaban J connectivity index is 2.18. The standard InChI is InChI=1S/C14H18Cl2N2O3/c1-20-14(19)13(17)8-10-11(15)6-9(7-12(10)16)18-2-4-21-5-3-18/h6-7,13H,2-5,8,17H2,1H3. The van der Waals surface area contributed by atoms with Crippen LogP contribution < -0.4 is 10.6 Å². The lowest BCUT2D eigenvalue weighted by atomic mass is 10.1. The van der Waals surface area contributed by atoms with Crippen molar-refractivity contribution in [3.63, 3.8) is 0 Å². The second-order valence-corrected chi connectivity index (χ2v) is 5.64. The molecule has 1 unspecified atom stereocenters. The summed E-state index contributed by atoms with van der Waals surface area (Å²) in [5.41, 5.74) is 7.37. The van der Waals surface area contributed by atoms with Crippen LogP contribution in [0.5, 0.6) is 0 Å². The van der Waals surface area contributed by atoms with Crippen molar-refractivity contribution in [3.05, 3.63) is 27.7 Å². The van der Waals surface area contributed by atoms with Crippen LogP contribution >= 0.6 is 23.2 Å². The Morgan fingerprint density at radius 3 is 2.48 bits per heavy atom. The van der Waals surface area contributed by atoms with Crippen molar-refractivity contribution in [1.29, 1.82) is 0 Å². The van der Waals surface area contributed by atoms with E-state index in [4.69, 9.17) is 33.7 Å². The molecular weight excluding hydrogens is 315 g/mol. The van der Waals surface area contributed by atoms with Gasteiger partial charge in [-0.3, -0.25) is 4.79 Å². The summed E-state index contributed by atoms with van der Waals surface area (Å²) in [6.07, 6.45) is 0.244. The molecule has 1 aromatic carbocycles. The Hall–Kier alpha value is -1.01. The first-order valence-corrected chi connectivity index (χ1v) is 7.42. The Labute approximate surface area is 133 Å². The maximum Gasteiger partial charge on any atom is 0.322 e. The molecule has 2 N–H and O–H groups in total. The van der Waals surface area contributed by atoms with Gasteiger partial charge in [-0.2, -0.15) is 0 Å². The third-order valence-electron chi connectivity index (χ3n) is 3.43. The number of carbonyl (C=O) groups is 1. The molecule has 0 amide bonds. The van der Waals surface area contributed by atoms with Gasteiger partial charge in [0, 0.05) is 35.2 Å². The highest BCUT2D eigenvalue weighted by atomic mass is 35.5. The van der Waals surface area contributed by atoms with E-state index < -0.39 is 12.0 Å². The van der Waals surface area contributed by atoms with Crippen LogP contribution in [-0.4, -0.2) is 45.4 Å². The van der Waals surface area contributed by atoms with E-state index in [1.54, 1.807) is 0 Å². The normalized spacial score (nSPS) is 16.7. The number of morpholine rings is 1. The summed E-state index contributed by atoms with van der Waals surface area (Å²) < 4.78 is 9.93. The van der Waals surface area contributed by atoms with Crippen LogP contribution in [0.1, 0.15) is 5.56 Å². The topological polar surface area (TPSA) is 64.8 Å². The highest BCUT2D eigenvalue weighted by Gasteiger charge is 2.20. The number of anilines is 1. The summed E-state index contributed by atoms with van der Waals surface area (Å²) in [5, 5.41) is 1.01. The van der Waals surface area contributed by atoms with E-state index in [1.165, 1.54) is 7.11 Å². The summed E-state index contributed by atoms with van der Waals surface area (Å²) >= 11 is 12.6. The molecule has 0 saturated carbocycles. The number of halogens is 2. The number of nitrogens with zero attached hydrogens (tertiary/aromatic N) is 1. The molecule has 0 spiro atoms. The molecule has 1 aliphatic rings. The minimum atomic E-state index is -0.778. The maximum absolute atomic E-state index is 11.4. The fourth-order valence-electron chi connectivity index (χ4n) is 2.24. The second kappa shape index (κ2) is 7.31. The first kappa shape index (κ1) is 16.4. The number of benzene rings is 1. The number of ether oxygens (including phenoxy) is 2. The first-order valence-electron chi connectivity index (χ1n) is 6.67. The van der Waals surface area contributed by atoms with Crippen molar-refractivity contribution < 1.29 is 14.3 Å². The summed E-state index contributed by atoms with van der Waals surface area (Å²) in [7, 11) is 1.30. The molecule has 1 aliphatic heterocycles. The Morgan fingerprint density at radius 1 is 1.38 bits per heavy atom.